The normalized spacial score (nSPS) is 9.67. The van der Waals surface area contributed by atoms with Crippen molar-refractivity contribution in [1.29, 1.82) is 0 Å². The molecule has 0 aromatic heterocycles. The van der Waals surface area contributed by atoms with E-state index in [1.807, 2.05) is 0 Å². The van der Waals surface area contributed by atoms with Crippen LogP contribution in [0.4, 0.5) is 0 Å². The molecule has 0 amide bonds. The number of unbranched alkanes of at least 4 members (excludes halogenated alkanes) is 2. The Balaban J connectivity index is 0. The van der Waals surface area contributed by atoms with Crippen molar-refractivity contribution in [3.05, 3.63) is 0 Å². The molecule has 0 spiro atoms. The van der Waals surface area contributed by atoms with Gasteiger partial charge in [0.15, 0.2) is 0 Å². The second-order valence-electron chi connectivity index (χ2n) is 3.17. The third kappa shape index (κ3) is 20.9. The van der Waals surface area contributed by atoms with E-state index in [1.54, 1.807) is 8.87 Å². The van der Waals surface area contributed by atoms with Crippen molar-refractivity contribution in [2.75, 3.05) is 0 Å². The van der Waals surface area contributed by atoms with Crippen molar-refractivity contribution in [2.24, 2.45) is 0 Å². The summed E-state index contributed by atoms with van der Waals surface area (Å²) in [6.45, 7) is 4.58. The molecule has 0 atom stereocenters. The van der Waals surface area contributed by atoms with Crippen molar-refractivity contribution in [1.82, 2.24) is 0 Å². The number of carboxylic acids is 1. The topological polar surface area (TPSA) is 37.3 Å². The molecule has 0 aliphatic heterocycles. The van der Waals surface area contributed by atoms with Crippen LogP contribution in [0, 0.1) is 0 Å². The van der Waals surface area contributed by atoms with Gasteiger partial charge < -0.3 is 5.11 Å². The summed E-state index contributed by atoms with van der Waals surface area (Å²) < 4.78 is 2.41. The fourth-order valence-electron chi connectivity index (χ4n) is 0.729. The molecular formula is C10H22O2S2Sn. The predicted octanol–water partition coefficient (Wildman–Crippen LogP) is 3.38. The quantitative estimate of drug-likeness (QED) is 0.283. The van der Waals surface area contributed by atoms with Gasteiger partial charge >= 0.3 is 75.5 Å². The minimum absolute atomic E-state index is 0.149. The van der Waals surface area contributed by atoms with Crippen LogP contribution in [0.2, 0.25) is 8.87 Å². The fourth-order valence-corrected chi connectivity index (χ4v) is 4.89. The van der Waals surface area contributed by atoms with E-state index in [4.69, 9.17) is 5.11 Å². The molecule has 90 valence electrons. The van der Waals surface area contributed by atoms with Crippen LogP contribution in [0.1, 0.15) is 39.5 Å². The van der Waals surface area contributed by atoms with Crippen molar-refractivity contribution in [3.63, 3.8) is 0 Å². The Labute approximate surface area is 115 Å². The van der Waals surface area contributed by atoms with Gasteiger partial charge in [-0.25, -0.2) is 0 Å². The molecule has 0 aliphatic rings. The maximum atomic E-state index is 9.55. The smallest absolute Gasteiger partial charge is 0.326 e. The van der Waals surface area contributed by atoms with Gasteiger partial charge in [-0.15, -0.1) is 0 Å². The summed E-state index contributed by atoms with van der Waals surface area (Å²) in [4.78, 5) is 9.55. The summed E-state index contributed by atoms with van der Waals surface area (Å²) in [5, 5.41) is 7.84. The van der Waals surface area contributed by atoms with Crippen LogP contribution in [0.5, 0.6) is 0 Å². The van der Waals surface area contributed by atoms with Crippen LogP contribution in [-0.2, 0) is 4.79 Å². The summed E-state index contributed by atoms with van der Waals surface area (Å²) in [6, 6.07) is 0. The SMILES string of the molecule is CCC[CH2][Sn][CH2]CCC.O=C(O)C(S)S. The molecule has 0 bridgehead atoms. The number of rotatable bonds is 7. The maximum Gasteiger partial charge on any atom is 0.326 e. The van der Waals surface area contributed by atoms with Crippen LogP contribution in [0.15, 0.2) is 0 Å². The monoisotopic (exact) mass is 358 g/mol. The molecule has 15 heavy (non-hydrogen) atoms. The van der Waals surface area contributed by atoms with Gasteiger partial charge in [-0.2, -0.15) is 25.3 Å². The molecule has 0 fully saturated rings. The van der Waals surface area contributed by atoms with Gasteiger partial charge in [-0.1, -0.05) is 0 Å². The number of carbonyl (C=O) groups is 1. The van der Waals surface area contributed by atoms with E-state index in [0.717, 1.165) is 0 Å². The molecular weight excluding hydrogens is 335 g/mol. The molecule has 0 saturated carbocycles. The van der Waals surface area contributed by atoms with Gasteiger partial charge in [-0.3, -0.25) is 4.79 Å². The zero-order chi connectivity index (χ0) is 12.1. The number of thiol groups is 2. The van der Waals surface area contributed by atoms with Gasteiger partial charge in [-0.05, 0) is 0 Å². The minimum atomic E-state index is -1.01. The van der Waals surface area contributed by atoms with Gasteiger partial charge in [0.1, 0.15) is 4.58 Å². The van der Waals surface area contributed by atoms with Crippen LogP contribution in [0.3, 0.4) is 0 Å². The first-order chi connectivity index (χ1) is 7.06. The fraction of sp³-hybridized carbons (Fsp3) is 0.900. The first-order valence-electron chi connectivity index (χ1n) is 5.35. The van der Waals surface area contributed by atoms with Crippen LogP contribution >= 0.6 is 25.3 Å². The summed E-state index contributed by atoms with van der Waals surface area (Å²) in [5.74, 6) is -1.01. The summed E-state index contributed by atoms with van der Waals surface area (Å²) in [7, 11) is 0. The molecule has 2 radical (unpaired) electrons. The summed E-state index contributed by atoms with van der Waals surface area (Å²) in [5.41, 5.74) is 0. The van der Waals surface area contributed by atoms with Gasteiger partial charge in [0.05, 0.1) is 0 Å². The minimum Gasteiger partial charge on any atom is -0.480 e. The van der Waals surface area contributed by atoms with Crippen molar-refractivity contribution < 1.29 is 9.90 Å². The Morgan fingerprint density at radius 1 is 1.20 bits per heavy atom. The van der Waals surface area contributed by atoms with E-state index >= 15 is 0 Å². The predicted molar refractivity (Wildman–Crippen MR) is 74.6 cm³/mol. The molecule has 0 unspecified atom stereocenters. The zero-order valence-electron chi connectivity index (χ0n) is 9.57. The molecule has 1 N–H and O–H groups in total. The first kappa shape index (κ1) is 18.3. The molecule has 0 aromatic carbocycles. The summed E-state index contributed by atoms with van der Waals surface area (Å²) >= 11 is 7.06. The third-order valence-corrected chi connectivity index (χ3v) is 6.11. The molecule has 0 aromatic rings. The Kier molecular flexibility index (Phi) is 18.3. The first-order valence-corrected chi connectivity index (χ1v) is 10.4. The average molecular weight is 357 g/mol. The molecule has 0 rings (SSSR count). The Morgan fingerprint density at radius 3 is 1.73 bits per heavy atom. The second kappa shape index (κ2) is 15.0. The van der Waals surface area contributed by atoms with Gasteiger partial charge in [0, 0.05) is 0 Å². The van der Waals surface area contributed by atoms with E-state index in [9.17, 15) is 4.79 Å². The van der Waals surface area contributed by atoms with Crippen LogP contribution < -0.4 is 0 Å². The number of carboxylic acid groups (broad SMARTS) is 1. The Bertz CT molecular complexity index is 137. The number of aliphatic carboxylic acids is 1. The van der Waals surface area contributed by atoms with Crippen molar-refractivity contribution in [3.8, 4) is 0 Å². The maximum absolute atomic E-state index is 9.55. The van der Waals surface area contributed by atoms with Crippen molar-refractivity contribution >= 4 is 52.4 Å². The zero-order valence-corrected chi connectivity index (χ0v) is 14.2. The number of hydrogen-bond acceptors (Lipinski definition) is 3. The van der Waals surface area contributed by atoms with Crippen LogP contribution in [-0.4, -0.2) is 36.8 Å². The van der Waals surface area contributed by atoms with Crippen LogP contribution in [0.25, 0.3) is 0 Å². The third-order valence-electron chi connectivity index (χ3n) is 1.64. The van der Waals surface area contributed by atoms with E-state index in [1.165, 1.54) is 25.7 Å². The molecule has 2 nitrogen and oxygen atoms in total. The Hall–Kier alpha value is 0.969. The Morgan fingerprint density at radius 2 is 1.53 bits per heavy atom. The molecule has 5 heteroatoms. The average Bonchev–Trinajstić information content (AvgIpc) is 2.18. The second-order valence-corrected chi connectivity index (χ2v) is 8.89. The number of hydrogen-bond donors (Lipinski definition) is 3. The molecule has 0 heterocycles. The van der Waals surface area contributed by atoms with E-state index in [-0.39, 0.29) is 21.1 Å². The largest absolute Gasteiger partial charge is 0.480 e. The van der Waals surface area contributed by atoms with Crippen molar-refractivity contribution in [2.45, 2.75) is 53.0 Å². The van der Waals surface area contributed by atoms with E-state index in [2.05, 4.69) is 39.1 Å². The van der Waals surface area contributed by atoms with E-state index in [0.29, 0.717) is 0 Å². The van der Waals surface area contributed by atoms with Gasteiger partial charge in [0.25, 0.3) is 0 Å². The summed E-state index contributed by atoms with van der Waals surface area (Å²) in [6.07, 6.45) is 5.84. The van der Waals surface area contributed by atoms with Gasteiger partial charge in [0.2, 0.25) is 0 Å². The van der Waals surface area contributed by atoms with E-state index < -0.39 is 10.6 Å². The standard InChI is InChI=1S/2C4H9.C2H4O2S2.Sn/c2*1-3-4-2;3-1(4)2(5)6;/h2*1,3-4H2,2H3;2,5-6H,(H,3,4);. The molecule has 0 saturated heterocycles. The molecule has 0 aliphatic carbocycles.